The molecule has 1 aliphatic carbocycles. The molecule has 0 unspecified atom stereocenters. The molecule has 2 aromatic heterocycles. The number of rotatable bonds is 5. The highest BCUT2D eigenvalue weighted by molar-refractivity contribution is 5.94. The summed E-state index contributed by atoms with van der Waals surface area (Å²) < 4.78 is 1.90. The molecule has 0 spiro atoms. The van der Waals surface area contributed by atoms with Crippen molar-refractivity contribution in [1.82, 2.24) is 19.7 Å². The first-order valence-corrected chi connectivity index (χ1v) is 8.30. The molecule has 2 aromatic rings. The predicted octanol–water partition coefficient (Wildman–Crippen LogP) is 2.16. The van der Waals surface area contributed by atoms with Crippen molar-refractivity contribution in [2.45, 2.75) is 44.3 Å². The van der Waals surface area contributed by atoms with Crippen LogP contribution in [0.5, 0.6) is 0 Å². The first kappa shape index (κ1) is 14.2. The monoisotopic (exact) mass is 311 g/mol. The smallest absolute Gasteiger partial charge is 0.255 e. The van der Waals surface area contributed by atoms with Crippen LogP contribution in [0.25, 0.3) is 0 Å². The molecule has 4 rings (SSSR count). The van der Waals surface area contributed by atoms with Gasteiger partial charge in [-0.3, -0.25) is 9.48 Å². The highest BCUT2D eigenvalue weighted by atomic mass is 16.2. The van der Waals surface area contributed by atoms with Crippen LogP contribution in [0.4, 0.5) is 5.82 Å². The zero-order chi connectivity index (χ0) is 15.6. The Balaban J connectivity index is 1.44. The van der Waals surface area contributed by atoms with Gasteiger partial charge in [-0.2, -0.15) is 5.10 Å². The molecule has 6 heteroatoms. The fourth-order valence-corrected chi connectivity index (χ4v) is 3.13. The van der Waals surface area contributed by atoms with Crippen molar-refractivity contribution in [3.05, 3.63) is 42.4 Å². The fourth-order valence-electron chi connectivity index (χ4n) is 3.13. The van der Waals surface area contributed by atoms with Crippen molar-refractivity contribution in [1.29, 1.82) is 0 Å². The molecule has 1 N–H and O–H groups in total. The molecule has 1 aliphatic heterocycles. The van der Waals surface area contributed by atoms with E-state index in [0.717, 1.165) is 31.7 Å². The number of carbonyl (C=O) groups excluding carboxylic acids is 1. The van der Waals surface area contributed by atoms with Crippen LogP contribution >= 0.6 is 0 Å². The maximum atomic E-state index is 12.8. The lowest BCUT2D eigenvalue weighted by atomic mass is 10.2. The van der Waals surface area contributed by atoms with Crippen molar-refractivity contribution < 1.29 is 4.79 Å². The van der Waals surface area contributed by atoms with Crippen LogP contribution < -0.4 is 5.32 Å². The Kier molecular flexibility index (Phi) is 3.73. The van der Waals surface area contributed by atoms with E-state index in [-0.39, 0.29) is 11.9 Å². The van der Waals surface area contributed by atoms with Gasteiger partial charge in [0.1, 0.15) is 5.82 Å². The molecule has 0 bridgehead atoms. The maximum Gasteiger partial charge on any atom is 0.255 e. The molecule has 6 nitrogen and oxygen atoms in total. The van der Waals surface area contributed by atoms with E-state index < -0.39 is 0 Å². The van der Waals surface area contributed by atoms with Gasteiger partial charge in [0.25, 0.3) is 5.91 Å². The maximum absolute atomic E-state index is 12.8. The third kappa shape index (κ3) is 3.21. The Morgan fingerprint density at radius 3 is 2.91 bits per heavy atom. The summed E-state index contributed by atoms with van der Waals surface area (Å²) in [6.07, 6.45) is 9.91. The molecular weight excluding hydrogens is 290 g/mol. The first-order chi connectivity index (χ1) is 11.3. The highest BCUT2D eigenvalue weighted by Crippen LogP contribution is 2.24. The average Bonchev–Trinajstić information content (AvgIpc) is 3.05. The summed E-state index contributed by atoms with van der Waals surface area (Å²) >= 11 is 0. The summed E-state index contributed by atoms with van der Waals surface area (Å²) in [6.45, 7) is 1.57. The molecule has 23 heavy (non-hydrogen) atoms. The number of aromatic nitrogens is 3. The van der Waals surface area contributed by atoms with E-state index in [9.17, 15) is 4.79 Å². The summed E-state index contributed by atoms with van der Waals surface area (Å²) in [5, 5.41) is 7.59. The molecule has 1 saturated carbocycles. The second-order valence-corrected chi connectivity index (χ2v) is 6.37. The largest absolute Gasteiger partial charge is 0.367 e. The van der Waals surface area contributed by atoms with Crippen molar-refractivity contribution in [2.24, 2.45) is 0 Å². The Hall–Kier alpha value is -2.37. The Bertz CT molecular complexity index is 663. The van der Waals surface area contributed by atoms with E-state index in [1.54, 1.807) is 12.4 Å². The van der Waals surface area contributed by atoms with Crippen LogP contribution in [0.1, 0.15) is 36.0 Å². The van der Waals surface area contributed by atoms with Gasteiger partial charge < -0.3 is 10.2 Å². The average molecular weight is 311 g/mol. The van der Waals surface area contributed by atoms with E-state index in [2.05, 4.69) is 15.4 Å². The van der Waals surface area contributed by atoms with E-state index in [0.29, 0.717) is 11.6 Å². The minimum absolute atomic E-state index is 0.0742. The van der Waals surface area contributed by atoms with Crippen LogP contribution in [0, 0.1) is 0 Å². The Labute approximate surface area is 135 Å². The molecule has 120 valence electrons. The number of amides is 1. The molecule has 0 radical (unpaired) electrons. The van der Waals surface area contributed by atoms with Crippen molar-refractivity contribution >= 4 is 11.7 Å². The summed E-state index contributed by atoms with van der Waals surface area (Å²) in [5.41, 5.74) is 0.665. The lowest BCUT2D eigenvalue weighted by Crippen LogP contribution is -2.38. The number of carbonyl (C=O) groups is 1. The van der Waals surface area contributed by atoms with Crippen LogP contribution in [-0.2, 0) is 6.54 Å². The summed E-state index contributed by atoms with van der Waals surface area (Å²) in [6, 6.07) is 6.48. The number of nitrogens with zero attached hydrogens (tertiary/aromatic N) is 4. The zero-order valence-electron chi connectivity index (χ0n) is 13.1. The number of hydrogen-bond acceptors (Lipinski definition) is 4. The van der Waals surface area contributed by atoms with Crippen molar-refractivity contribution in [3.63, 3.8) is 0 Å². The Morgan fingerprint density at radius 2 is 2.22 bits per heavy atom. The number of likely N-dealkylation sites (tertiary alicyclic amines) is 1. The van der Waals surface area contributed by atoms with Gasteiger partial charge in [-0.15, -0.1) is 0 Å². The van der Waals surface area contributed by atoms with E-state index in [4.69, 9.17) is 0 Å². The van der Waals surface area contributed by atoms with Gasteiger partial charge in [-0.25, -0.2) is 4.98 Å². The summed E-state index contributed by atoms with van der Waals surface area (Å²) in [5.74, 6) is 0.934. The van der Waals surface area contributed by atoms with Crippen LogP contribution in [0.15, 0.2) is 36.8 Å². The quantitative estimate of drug-likeness (QED) is 0.919. The predicted molar refractivity (Wildman–Crippen MR) is 87.2 cm³/mol. The Morgan fingerprint density at radius 1 is 1.30 bits per heavy atom. The van der Waals surface area contributed by atoms with Gasteiger partial charge in [-0.1, -0.05) is 0 Å². The van der Waals surface area contributed by atoms with Crippen molar-refractivity contribution in [3.8, 4) is 0 Å². The lowest BCUT2D eigenvalue weighted by molar-refractivity contribution is 0.0721. The topological polar surface area (TPSA) is 63.1 Å². The second kappa shape index (κ2) is 6.02. The van der Waals surface area contributed by atoms with Crippen LogP contribution in [0.2, 0.25) is 0 Å². The standard InChI is InChI=1S/C17H21N5O/c23-17(13-4-7-16(18-11-13)20-14-5-6-14)22-10-1-3-15(22)12-21-9-2-8-19-21/h2,4,7-9,11,14-15H,1,3,5-6,10,12H2,(H,18,20)/t15-/m0/s1. The van der Waals surface area contributed by atoms with Crippen LogP contribution in [0.3, 0.4) is 0 Å². The fraction of sp³-hybridized carbons (Fsp3) is 0.471. The van der Waals surface area contributed by atoms with E-state index in [1.165, 1.54) is 12.8 Å². The zero-order valence-corrected chi connectivity index (χ0v) is 13.1. The summed E-state index contributed by atoms with van der Waals surface area (Å²) in [4.78, 5) is 19.1. The molecule has 1 amide bonds. The van der Waals surface area contributed by atoms with E-state index >= 15 is 0 Å². The third-order valence-electron chi connectivity index (χ3n) is 4.53. The van der Waals surface area contributed by atoms with E-state index in [1.807, 2.05) is 34.0 Å². The van der Waals surface area contributed by atoms with Gasteiger partial charge in [-0.05, 0) is 43.9 Å². The molecule has 2 aliphatic rings. The van der Waals surface area contributed by atoms with Crippen molar-refractivity contribution in [2.75, 3.05) is 11.9 Å². The van der Waals surface area contributed by atoms with Gasteiger partial charge in [0.15, 0.2) is 0 Å². The SMILES string of the molecule is O=C(c1ccc(NC2CC2)nc1)N1CCC[C@H]1Cn1cccn1. The third-order valence-corrected chi connectivity index (χ3v) is 4.53. The van der Waals surface area contributed by atoms with Gasteiger partial charge in [0, 0.05) is 31.2 Å². The number of anilines is 1. The molecule has 1 atom stereocenters. The molecule has 2 fully saturated rings. The second-order valence-electron chi connectivity index (χ2n) is 6.37. The minimum atomic E-state index is 0.0742. The summed E-state index contributed by atoms with van der Waals surface area (Å²) in [7, 11) is 0. The number of nitrogens with one attached hydrogen (secondary N) is 1. The van der Waals surface area contributed by atoms with Gasteiger partial charge in [0.05, 0.1) is 18.2 Å². The normalized spacial score (nSPS) is 20.7. The molecule has 0 aromatic carbocycles. The lowest BCUT2D eigenvalue weighted by Gasteiger charge is -2.24. The molecule has 3 heterocycles. The number of pyridine rings is 1. The minimum Gasteiger partial charge on any atom is -0.367 e. The molecule has 1 saturated heterocycles. The first-order valence-electron chi connectivity index (χ1n) is 8.30. The highest BCUT2D eigenvalue weighted by Gasteiger charge is 2.30. The number of hydrogen-bond donors (Lipinski definition) is 1. The van der Waals surface area contributed by atoms with Crippen LogP contribution in [-0.4, -0.2) is 44.2 Å². The van der Waals surface area contributed by atoms with Gasteiger partial charge >= 0.3 is 0 Å². The molecular formula is C17H21N5O. The van der Waals surface area contributed by atoms with Gasteiger partial charge in [0.2, 0.25) is 0 Å².